The van der Waals surface area contributed by atoms with E-state index in [9.17, 15) is 8.78 Å². The van der Waals surface area contributed by atoms with Gasteiger partial charge in [0, 0.05) is 12.1 Å². The second-order valence-electron chi connectivity index (χ2n) is 5.69. The molecule has 0 fully saturated rings. The van der Waals surface area contributed by atoms with Crippen molar-refractivity contribution in [3.05, 3.63) is 29.8 Å². The zero-order chi connectivity index (χ0) is 15.8. The molecular formula is C17H27F2NO. The summed E-state index contributed by atoms with van der Waals surface area (Å²) in [6.07, 6.45) is 3.36. The molecule has 120 valence electrons. The maximum absolute atomic E-state index is 12.3. The van der Waals surface area contributed by atoms with Crippen LogP contribution in [-0.4, -0.2) is 12.7 Å². The number of hydrogen-bond acceptors (Lipinski definition) is 2. The van der Waals surface area contributed by atoms with Gasteiger partial charge in [0.05, 0.1) is 0 Å². The highest BCUT2D eigenvalue weighted by atomic mass is 19.3. The van der Waals surface area contributed by atoms with Gasteiger partial charge < -0.3 is 10.1 Å². The van der Waals surface area contributed by atoms with Crippen LogP contribution >= 0.6 is 0 Å². The molecule has 3 unspecified atom stereocenters. The molecule has 0 radical (unpaired) electrons. The predicted molar refractivity (Wildman–Crippen MR) is 82.8 cm³/mol. The monoisotopic (exact) mass is 299 g/mol. The van der Waals surface area contributed by atoms with E-state index in [1.165, 1.54) is 6.42 Å². The first-order chi connectivity index (χ1) is 9.96. The topological polar surface area (TPSA) is 21.3 Å². The first kappa shape index (κ1) is 17.9. The van der Waals surface area contributed by atoms with Crippen LogP contribution in [0.25, 0.3) is 0 Å². The molecule has 0 aliphatic heterocycles. The Hall–Kier alpha value is -1.16. The van der Waals surface area contributed by atoms with E-state index in [1.807, 2.05) is 6.07 Å². The van der Waals surface area contributed by atoms with Crippen LogP contribution in [0.1, 0.15) is 58.6 Å². The molecule has 21 heavy (non-hydrogen) atoms. The van der Waals surface area contributed by atoms with E-state index in [1.54, 1.807) is 18.2 Å². The van der Waals surface area contributed by atoms with Gasteiger partial charge >= 0.3 is 6.61 Å². The zero-order valence-electron chi connectivity index (χ0n) is 13.4. The van der Waals surface area contributed by atoms with Gasteiger partial charge in [0.25, 0.3) is 0 Å². The van der Waals surface area contributed by atoms with Crippen molar-refractivity contribution in [2.24, 2.45) is 5.92 Å². The number of nitrogens with one attached hydrogen (secondary N) is 1. The normalized spacial score (nSPS) is 15.8. The highest BCUT2D eigenvalue weighted by Gasteiger charge is 2.15. The van der Waals surface area contributed by atoms with Gasteiger partial charge in [-0.25, -0.2) is 0 Å². The van der Waals surface area contributed by atoms with Crippen molar-refractivity contribution in [1.82, 2.24) is 5.32 Å². The van der Waals surface area contributed by atoms with Crippen molar-refractivity contribution in [1.29, 1.82) is 0 Å². The summed E-state index contributed by atoms with van der Waals surface area (Å²) in [6.45, 7) is 5.90. The maximum atomic E-state index is 12.3. The van der Waals surface area contributed by atoms with E-state index >= 15 is 0 Å². The van der Waals surface area contributed by atoms with E-state index in [2.05, 4.69) is 37.7 Å². The molecular weight excluding hydrogens is 272 g/mol. The molecule has 1 rings (SSSR count). The van der Waals surface area contributed by atoms with Crippen LogP contribution in [0, 0.1) is 5.92 Å². The average molecular weight is 299 g/mol. The van der Waals surface area contributed by atoms with Gasteiger partial charge in [-0.05, 0) is 43.4 Å². The zero-order valence-corrected chi connectivity index (χ0v) is 13.4. The summed E-state index contributed by atoms with van der Waals surface area (Å²) in [7, 11) is 0. The molecule has 3 atom stereocenters. The molecule has 2 nitrogen and oxygen atoms in total. The second-order valence-corrected chi connectivity index (χ2v) is 5.69. The summed E-state index contributed by atoms with van der Waals surface area (Å²) >= 11 is 0. The molecule has 0 bridgehead atoms. The standard InChI is InChI=1S/C17H27F2NO/c1-5-12(3)10-15(6-2)20-13(4)14-8-7-9-16(11-14)21-17(18)19/h7-9,11-13,15,17,20H,5-6,10H2,1-4H3. The minimum absolute atomic E-state index is 0.111. The van der Waals surface area contributed by atoms with Crippen LogP contribution in [-0.2, 0) is 0 Å². The SMILES string of the molecule is CCC(C)CC(CC)NC(C)c1cccc(OC(F)F)c1. The molecule has 1 N–H and O–H groups in total. The summed E-state index contributed by atoms with van der Waals surface area (Å²) < 4.78 is 29.0. The molecule has 0 spiro atoms. The molecule has 1 aromatic rings. The lowest BCUT2D eigenvalue weighted by Crippen LogP contribution is -2.32. The number of alkyl halides is 2. The summed E-state index contributed by atoms with van der Waals surface area (Å²) in [4.78, 5) is 0. The Morgan fingerprint density at radius 2 is 1.86 bits per heavy atom. The first-order valence-electron chi connectivity index (χ1n) is 7.77. The van der Waals surface area contributed by atoms with Gasteiger partial charge in [-0.2, -0.15) is 8.78 Å². The summed E-state index contributed by atoms with van der Waals surface area (Å²) in [5.41, 5.74) is 0.968. The van der Waals surface area contributed by atoms with Crippen LogP contribution in [0.15, 0.2) is 24.3 Å². The summed E-state index contributed by atoms with van der Waals surface area (Å²) in [5.74, 6) is 0.897. The van der Waals surface area contributed by atoms with E-state index in [0.29, 0.717) is 12.0 Å². The van der Waals surface area contributed by atoms with Gasteiger partial charge in [-0.1, -0.05) is 39.3 Å². The molecule has 0 aromatic heterocycles. The average Bonchev–Trinajstić information content (AvgIpc) is 2.45. The lowest BCUT2D eigenvalue weighted by Gasteiger charge is -2.25. The molecule has 0 aliphatic rings. The Bertz CT molecular complexity index is 412. The van der Waals surface area contributed by atoms with Crippen molar-refractivity contribution >= 4 is 0 Å². The number of halogens is 2. The van der Waals surface area contributed by atoms with Gasteiger partial charge in [0.1, 0.15) is 5.75 Å². The van der Waals surface area contributed by atoms with Gasteiger partial charge in [-0.3, -0.25) is 0 Å². The van der Waals surface area contributed by atoms with Crippen molar-refractivity contribution < 1.29 is 13.5 Å². The number of ether oxygens (including phenoxy) is 1. The molecule has 0 amide bonds. The molecule has 0 saturated heterocycles. The maximum Gasteiger partial charge on any atom is 0.387 e. The quantitative estimate of drug-likeness (QED) is 0.680. The van der Waals surface area contributed by atoms with Crippen LogP contribution < -0.4 is 10.1 Å². The van der Waals surface area contributed by atoms with Crippen molar-refractivity contribution in [2.75, 3.05) is 0 Å². The predicted octanol–water partition coefficient (Wildman–Crippen LogP) is 5.15. The molecule has 0 saturated carbocycles. The van der Waals surface area contributed by atoms with E-state index in [4.69, 9.17) is 0 Å². The highest BCUT2D eigenvalue weighted by Crippen LogP contribution is 2.22. The summed E-state index contributed by atoms with van der Waals surface area (Å²) in [5, 5.41) is 3.59. The van der Waals surface area contributed by atoms with Crippen LogP contribution in [0.4, 0.5) is 8.78 Å². The van der Waals surface area contributed by atoms with E-state index in [-0.39, 0.29) is 11.8 Å². The smallest absolute Gasteiger partial charge is 0.387 e. The van der Waals surface area contributed by atoms with Gasteiger partial charge in [0.2, 0.25) is 0 Å². The Kier molecular flexibility index (Phi) is 7.65. The minimum atomic E-state index is -2.78. The third kappa shape index (κ3) is 6.42. The fourth-order valence-corrected chi connectivity index (χ4v) is 2.41. The number of hydrogen-bond donors (Lipinski definition) is 1. The lowest BCUT2D eigenvalue weighted by atomic mass is 9.96. The van der Waals surface area contributed by atoms with Gasteiger partial charge in [-0.15, -0.1) is 0 Å². The second kappa shape index (κ2) is 8.98. The van der Waals surface area contributed by atoms with E-state index in [0.717, 1.165) is 18.4 Å². The van der Waals surface area contributed by atoms with Crippen LogP contribution in [0.5, 0.6) is 5.75 Å². The largest absolute Gasteiger partial charge is 0.435 e. The number of rotatable bonds is 9. The molecule has 1 aromatic carbocycles. The van der Waals surface area contributed by atoms with Crippen LogP contribution in [0.2, 0.25) is 0 Å². The van der Waals surface area contributed by atoms with Crippen molar-refractivity contribution in [3.8, 4) is 5.75 Å². The third-order valence-corrected chi connectivity index (χ3v) is 3.95. The minimum Gasteiger partial charge on any atom is -0.435 e. The Morgan fingerprint density at radius 3 is 2.43 bits per heavy atom. The number of benzene rings is 1. The fraction of sp³-hybridized carbons (Fsp3) is 0.647. The van der Waals surface area contributed by atoms with E-state index < -0.39 is 6.61 Å². The Labute approximate surface area is 126 Å². The molecule has 0 heterocycles. The molecule has 0 aliphatic carbocycles. The molecule has 4 heteroatoms. The summed E-state index contributed by atoms with van der Waals surface area (Å²) in [6, 6.07) is 7.47. The Balaban J connectivity index is 2.66. The third-order valence-electron chi connectivity index (χ3n) is 3.95. The van der Waals surface area contributed by atoms with Crippen molar-refractivity contribution in [2.45, 2.75) is 65.7 Å². The first-order valence-corrected chi connectivity index (χ1v) is 7.77. The van der Waals surface area contributed by atoms with Gasteiger partial charge in [0.15, 0.2) is 0 Å². The Morgan fingerprint density at radius 1 is 1.14 bits per heavy atom. The lowest BCUT2D eigenvalue weighted by molar-refractivity contribution is -0.0499. The fourth-order valence-electron chi connectivity index (χ4n) is 2.41. The highest BCUT2D eigenvalue weighted by molar-refractivity contribution is 5.30. The van der Waals surface area contributed by atoms with Crippen LogP contribution in [0.3, 0.4) is 0 Å². The van der Waals surface area contributed by atoms with Crippen molar-refractivity contribution in [3.63, 3.8) is 0 Å².